The van der Waals surface area contributed by atoms with Gasteiger partial charge in [0.25, 0.3) is 0 Å². The summed E-state index contributed by atoms with van der Waals surface area (Å²) in [5.41, 5.74) is 3.62. The van der Waals surface area contributed by atoms with E-state index in [1.54, 1.807) is 0 Å². The number of hydrogen-bond acceptors (Lipinski definition) is 3. The summed E-state index contributed by atoms with van der Waals surface area (Å²) >= 11 is 0. The molecule has 1 aromatic rings. The average molecular weight is 297 g/mol. The molecule has 1 aromatic carbocycles. The van der Waals surface area contributed by atoms with Crippen molar-refractivity contribution < 1.29 is 13.5 Å². The number of benzene rings is 1. The summed E-state index contributed by atoms with van der Waals surface area (Å²) in [6, 6.07) is 1.75. The van der Waals surface area contributed by atoms with E-state index in [4.69, 9.17) is 0 Å². The first-order chi connectivity index (χ1) is 9.30. The minimum absolute atomic E-state index is 0.109. The Labute approximate surface area is 121 Å². The summed E-state index contributed by atoms with van der Waals surface area (Å²) in [4.78, 5) is 0.426. The van der Waals surface area contributed by atoms with Crippen molar-refractivity contribution in [2.24, 2.45) is 0 Å². The van der Waals surface area contributed by atoms with Crippen LogP contribution in [0.5, 0.6) is 0 Å². The maximum Gasteiger partial charge on any atom is 0.243 e. The van der Waals surface area contributed by atoms with Crippen LogP contribution in [-0.4, -0.2) is 37.0 Å². The van der Waals surface area contributed by atoms with E-state index in [2.05, 4.69) is 0 Å². The molecule has 1 heterocycles. The Kier molecular flexibility index (Phi) is 4.23. The highest BCUT2D eigenvalue weighted by molar-refractivity contribution is 7.89. The van der Waals surface area contributed by atoms with Gasteiger partial charge in [-0.1, -0.05) is 6.07 Å². The predicted octanol–water partition coefficient (Wildman–Crippen LogP) is 2.07. The van der Waals surface area contributed by atoms with E-state index in [9.17, 15) is 13.5 Å². The zero-order chi connectivity index (χ0) is 15.1. The lowest BCUT2D eigenvalue weighted by Gasteiger charge is -2.25. The second-order valence-corrected chi connectivity index (χ2v) is 7.51. The first-order valence-electron chi connectivity index (χ1n) is 7.00. The molecule has 1 fully saturated rings. The van der Waals surface area contributed by atoms with Crippen LogP contribution in [0.2, 0.25) is 0 Å². The average Bonchev–Trinajstić information content (AvgIpc) is 2.85. The van der Waals surface area contributed by atoms with Crippen LogP contribution >= 0.6 is 0 Å². The van der Waals surface area contributed by atoms with E-state index in [1.165, 1.54) is 4.31 Å². The third-order valence-electron chi connectivity index (χ3n) is 4.40. The maximum atomic E-state index is 13.0. The highest BCUT2D eigenvalue weighted by Crippen LogP contribution is 2.32. The number of nitrogens with zero attached hydrogens (tertiary/aromatic N) is 1. The van der Waals surface area contributed by atoms with E-state index in [0.29, 0.717) is 11.4 Å². The largest absolute Gasteiger partial charge is 0.395 e. The molecule has 0 radical (unpaired) electrons. The molecular formula is C15H23NO3S. The van der Waals surface area contributed by atoms with Crippen molar-refractivity contribution >= 4 is 10.0 Å². The smallest absolute Gasteiger partial charge is 0.243 e. The summed E-state index contributed by atoms with van der Waals surface area (Å²) in [7, 11) is -3.53. The molecule has 112 valence electrons. The van der Waals surface area contributed by atoms with Gasteiger partial charge in [-0.3, -0.25) is 0 Å². The van der Waals surface area contributed by atoms with E-state index >= 15 is 0 Å². The van der Waals surface area contributed by atoms with Crippen LogP contribution in [0, 0.1) is 27.7 Å². The Morgan fingerprint density at radius 2 is 1.75 bits per heavy atom. The number of aliphatic hydroxyl groups excluding tert-OH is 1. The van der Waals surface area contributed by atoms with Gasteiger partial charge in [-0.15, -0.1) is 0 Å². The van der Waals surface area contributed by atoms with Gasteiger partial charge in [0.1, 0.15) is 0 Å². The predicted molar refractivity (Wildman–Crippen MR) is 79.4 cm³/mol. The van der Waals surface area contributed by atoms with Crippen LogP contribution in [0.1, 0.15) is 35.1 Å². The normalized spacial score (nSPS) is 20.6. The zero-order valence-corrected chi connectivity index (χ0v) is 13.4. The molecule has 0 aliphatic carbocycles. The van der Waals surface area contributed by atoms with Gasteiger partial charge in [0.2, 0.25) is 10.0 Å². The summed E-state index contributed by atoms with van der Waals surface area (Å²) < 4.78 is 27.4. The minimum Gasteiger partial charge on any atom is -0.395 e. The lowest BCUT2D eigenvalue weighted by molar-refractivity contribution is 0.213. The fourth-order valence-corrected chi connectivity index (χ4v) is 5.26. The number of sulfonamides is 1. The summed E-state index contributed by atoms with van der Waals surface area (Å²) in [5, 5.41) is 9.39. The molecule has 1 atom stereocenters. The van der Waals surface area contributed by atoms with Gasteiger partial charge in [-0.05, 0) is 62.8 Å². The fourth-order valence-electron chi connectivity index (χ4n) is 2.99. The fraction of sp³-hybridized carbons (Fsp3) is 0.600. The second-order valence-electron chi connectivity index (χ2n) is 5.68. The van der Waals surface area contributed by atoms with Gasteiger partial charge >= 0.3 is 0 Å². The molecule has 1 saturated heterocycles. The molecule has 1 aliphatic rings. The third kappa shape index (κ3) is 2.38. The molecule has 4 nitrogen and oxygen atoms in total. The molecule has 0 saturated carbocycles. The SMILES string of the molecule is Cc1cc(C)c(C)c(S(=O)(=O)N2CCC[C@@H]2CO)c1C. The molecule has 0 unspecified atom stereocenters. The molecule has 5 heteroatoms. The first kappa shape index (κ1) is 15.5. The van der Waals surface area contributed by atoms with Crippen LogP contribution in [0.3, 0.4) is 0 Å². The highest BCUT2D eigenvalue weighted by atomic mass is 32.2. The Morgan fingerprint density at radius 3 is 2.25 bits per heavy atom. The quantitative estimate of drug-likeness (QED) is 0.929. The molecule has 0 bridgehead atoms. The Bertz CT molecular complexity index is 596. The number of aliphatic hydroxyl groups is 1. The highest BCUT2D eigenvalue weighted by Gasteiger charge is 2.36. The molecular weight excluding hydrogens is 274 g/mol. The van der Waals surface area contributed by atoms with Crippen molar-refractivity contribution in [1.82, 2.24) is 4.31 Å². The number of hydrogen-bond donors (Lipinski definition) is 1. The molecule has 20 heavy (non-hydrogen) atoms. The molecule has 1 N–H and O–H groups in total. The van der Waals surface area contributed by atoms with Crippen molar-refractivity contribution in [1.29, 1.82) is 0 Å². The van der Waals surface area contributed by atoms with Crippen LogP contribution in [-0.2, 0) is 10.0 Å². The van der Waals surface area contributed by atoms with Crippen molar-refractivity contribution in [2.45, 2.75) is 51.5 Å². The molecule has 0 amide bonds. The third-order valence-corrected chi connectivity index (χ3v) is 6.62. The van der Waals surface area contributed by atoms with Gasteiger partial charge in [0.15, 0.2) is 0 Å². The van der Waals surface area contributed by atoms with Crippen LogP contribution in [0.15, 0.2) is 11.0 Å². The maximum absolute atomic E-state index is 13.0. The Hall–Kier alpha value is -0.910. The zero-order valence-electron chi connectivity index (χ0n) is 12.6. The molecule has 1 aliphatic heterocycles. The van der Waals surface area contributed by atoms with Gasteiger partial charge < -0.3 is 5.11 Å². The van der Waals surface area contributed by atoms with Crippen molar-refractivity contribution in [2.75, 3.05) is 13.2 Å². The van der Waals surface area contributed by atoms with Gasteiger partial charge in [0.05, 0.1) is 11.5 Å². The van der Waals surface area contributed by atoms with Gasteiger partial charge in [-0.25, -0.2) is 8.42 Å². The van der Waals surface area contributed by atoms with Crippen LogP contribution < -0.4 is 0 Å². The minimum atomic E-state index is -3.53. The van der Waals surface area contributed by atoms with Crippen molar-refractivity contribution in [3.05, 3.63) is 28.3 Å². The summed E-state index contributed by atoms with van der Waals surface area (Å²) in [6.45, 7) is 7.99. The van der Waals surface area contributed by atoms with Gasteiger partial charge in [0, 0.05) is 12.6 Å². The Balaban J connectivity index is 2.61. The molecule has 0 spiro atoms. The lowest BCUT2D eigenvalue weighted by Crippen LogP contribution is -2.38. The topological polar surface area (TPSA) is 57.6 Å². The van der Waals surface area contributed by atoms with E-state index in [1.807, 2.05) is 33.8 Å². The molecule has 0 aromatic heterocycles. The van der Waals surface area contributed by atoms with E-state index in [-0.39, 0.29) is 12.6 Å². The van der Waals surface area contributed by atoms with Gasteiger partial charge in [-0.2, -0.15) is 4.31 Å². The van der Waals surface area contributed by atoms with Crippen LogP contribution in [0.25, 0.3) is 0 Å². The van der Waals surface area contributed by atoms with E-state index in [0.717, 1.165) is 35.1 Å². The second kappa shape index (κ2) is 5.47. The monoisotopic (exact) mass is 297 g/mol. The molecule has 2 rings (SSSR count). The number of rotatable bonds is 3. The lowest BCUT2D eigenvalue weighted by atomic mass is 10.0. The number of aryl methyl sites for hydroxylation is 2. The standard InChI is InChI=1S/C15H23NO3S/c1-10-8-11(2)13(4)15(12(10)3)20(18,19)16-7-5-6-14(16)9-17/h8,14,17H,5-7,9H2,1-4H3/t14-/m1/s1. The summed E-state index contributed by atoms with van der Waals surface area (Å²) in [5.74, 6) is 0. The Morgan fingerprint density at radius 1 is 1.20 bits per heavy atom. The van der Waals surface area contributed by atoms with Crippen molar-refractivity contribution in [3.63, 3.8) is 0 Å². The van der Waals surface area contributed by atoms with E-state index < -0.39 is 10.0 Å². The summed E-state index contributed by atoms with van der Waals surface area (Å²) in [6.07, 6.45) is 1.55. The van der Waals surface area contributed by atoms with Crippen LogP contribution in [0.4, 0.5) is 0 Å². The first-order valence-corrected chi connectivity index (χ1v) is 8.44. The van der Waals surface area contributed by atoms with Crippen molar-refractivity contribution in [3.8, 4) is 0 Å².